The molecule has 1 aliphatic rings. The van der Waals surface area contributed by atoms with Gasteiger partial charge >= 0.3 is 12.0 Å². The van der Waals surface area contributed by atoms with Gasteiger partial charge in [0.25, 0.3) is 0 Å². The number of urea groups is 1. The van der Waals surface area contributed by atoms with Gasteiger partial charge in [-0.3, -0.25) is 4.79 Å². The van der Waals surface area contributed by atoms with Crippen LogP contribution in [-0.2, 0) is 17.8 Å². The van der Waals surface area contributed by atoms with Crippen LogP contribution in [0.2, 0.25) is 0 Å². The van der Waals surface area contributed by atoms with Crippen LogP contribution in [0.5, 0.6) is 0 Å². The van der Waals surface area contributed by atoms with E-state index in [2.05, 4.69) is 11.4 Å². The summed E-state index contributed by atoms with van der Waals surface area (Å²) in [7, 11) is 0. The van der Waals surface area contributed by atoms with Gasteiger partial charge in [0.2, 0.25) is 0 Å². The Hall–Kier alpha value is -2.04. The highest BCUT2D eigenvalue weighted by Gasteiger charge is 2.21. The molecule has 19 heavy (non-hydrogen) atoms. The van der Waals surface area contributed by atoms with Crippen LogP contribution in [0.15, 0.2) is 24.3 Å². The molecule has 0 bridgehead atoms. The molecule has 1 unspecified atom stereocenters. The molecule has 1 heterocycles. The molecule has 0 saturated carbocycles. The minimum atomic E-state index is -1.02. The predicted molar refractivity (Wildman–Crippen MR) is 70.8 cm³/mol. The molecule has 0 aliphatic carbocycles. The number of nitrogens with zero attached hydrogens (tertiary/aromatic N) is 1. The van der Waals surface area contributed by atoms with Crippen LogP contribution >= 0.6 is 0 Å². The lowest BCUT2D eigenvalue weighted by atomic mass is 10.0. The fourth-order valence-electron chi connectivity index (χ4n) is 2.21. The second-order valence-corrected chi connectivity index (χ2v) is 4.80. The molecule has 0 aromatic heterocycles. The molecule has 0 radical (unpaired) electrons. The first-order valence-corrected chi connectivity index (χ1v) is 6.43. The minimum Gasteiger partial charge on any atom is -0.480 e. The third kappa shape index (κ3) is 3.24. The fourth-order valence-corrected chi connectivity index (χ4v) is 2.21. The number of carbonyl (C=O) groups is 2. The number of carboxylic acids is 1. The van der Waals surface area contributed by atoms with Crippen LogP contribution in [-0.4, -0.2) is 34.6 Å². The number of aliphatic carboxylic acids is 1. The van der Waals surface area contributed by atoms with Gasteiger partial charge in [-0.2, -0.15) is 0 Å². The van der Waals surface area contributed by atoms with Crippen LogP contribution in [0.25, 0.3) is 0 Å². The number of fused-ring (bicyclic) bond motifs is 1. The minimum absolute atomic E-state index is 0.313. The summed E-state index contributed by atoms with van der Waals surface area (Å²) < 4.78 is 0. The SMILES string of the molecule is CC(NC(=O)N1CCCc2ccccc2C1)C(=O)O. The van der Waals surface area contributed by atoms with E-state index in [1.165, 1.54) is 12.5 Å². The number of amides is 2. The van der Waals surface area contributed by atoms with Crippen molar-refractivity contribution in [2.75, 3.05) is 6.54 Å². The van der Waals surface area contributed by atoms with Gasteiger partial charge in [-0.25, -0.2) is 4.79 Å². The van der Waals surface area contributed by atoms with Crippen LogP contribution in [0.3, 0.4) is 0 Å². The van der Waals surface area contributed by atoms with Crippen molar-refractivity contribution in [3.05, 3.63) is 35.4 Å². The van der Waals surface area contributed by atoms with E-state index in [0.717, 1.165) is 18.4 Å². The molecule has 1 aromatic rings. The van der Waals surface area contributed by atoms with E-state index in [1.807, 2.05) is 18.2 Å². The third-order valence-electron chi connectivity index (χ3n) is 3.35. The van der Waals surface area contributed by atoms with Gasteiger partial charge in [0.05, 0.1) is 0 Å². The summed E-state index contributed by atoms with van der Waals surface area (Å²) in [5.74, 6) is -1.02. The van der Waals surface area contributed by atoms with Crippen LogP contribution < -0.4 is 5.32 Å². The Labute approximate surface area is 112 Å². The number of benzene rings is 1. The molecule has 5 heteroatoms. The van der Waals surface area contributed by atoms with Crippen LogP contribution in [0.4, 0.5) is 4.79 Å². The second-order valence-electron chi connectivity index (χ2n) is 4.80. The van der Waals surface area contributed by atoms with Crippen molar-refractivity contribution in [1.29, 1.82) is 0 Å². The van der Waals surface area contributed by atoms with Gasteiger partial charge in [-0.05, 0) is 30.9 Å². The summed E-state index contributed by atoms with van der Waals surface area (Å²) in [5, 5.41) is 11.3. The second kappa shape index (κ2) is 5.73. The van der Waals surface area contributed by atoms with Gasteiger partial charge in [0, 0.05) is 13.1 Å². The van der Waals surface area contributed by atoms with Crippen molar-refractivity contribution < 1.29 is 14.7 Å². The lowest BCUT2D eigenvalue weighted by Crippen LogP contribution is -2.46. The van der Waals surface area contributed by atoms with Gasteiger partial charge in [-0.15, -0.1) is 0 Å². The zero-order valence-electron chi connectivity index (χ0n) is 10.9. The molecule has 0 spiro atoms. The van der Waals surface area contributed by atoms with Crippen LogP contribution in [0.1, 0.15) is 24.5 Å². The van der Waals surface area contributed by atoms with Crippen molar-refractivity contribution in [3.63, 3.8) is 0 Å². The van der Waals surface area contributed by atoms with Crippen molar-refractivity contribution in [2.24, 2.45) is 0 Å². The lowest BCUT2D eigenvalue weighted by Gasteiger charge is -2.22. The number of aryl methyl sites for hydroxylation is 1. The highest BCUT2D eigenvalue weighted by molar-refractivity contribution is 5.82. The molecular weight excluding hydrogens is 244 g/mol. The number of rotatable bonds is 2. The first kappa shape index (κ1) is 13.4. The van der Waals surface area contributed by atoms with Gasteiger partial charge in [0.15, 0.2) is 0 Å². The Bertz CT molecular complexity index is 487. The largest absolute Gasteiger partial charge is 0.480 e. The molecule has 1 aromatic carbocycles. The number of carboxylic acid groups (broad SMARTS) is 1. The molecule has 0 saturated heterocycles. The van der Waals surface area contributed by atoms with E-state index in [4.69, 9.17) is 5.11 Å². The van der Waals surface area contributed by atoms with E-state index in [9.17, 15) is 9.59 Å². The molecule has 2 N–H and O–H groups in total. The van der Waals surface area contributed by atoms with E-state index in [1.54, 1.807) is 4.90 Å². The summed E-state index contributed by atoms with van der Waals surface area (Å²) in [4.78, 5) is 24.4. The molecular formula is C14H18N2O3. The van der Waals surface area contributed by atoms with E-state index in [0.29, 0.717) is 13.1 Å². The van der Waals surface area contributed by atoms with Crippen molar-refractivity contribution in [3.8, 4) is 0 Å². The summed E-state index contributed by atoms with van der Waals surface area (Å²) in [5.41, 5.74) is 2.40. The predicted octanol–water partition coefficient (Wildman–Crippen LogP) is 1.62. The normalized spacial score (nSPS) is 16.2. The van der Waals surface area contributed by atoms with Gasteiger partial charge < -0.3 is 15.3 Å². The Morgan fingerprint density at radius 3 is 2.68 bits per heavy atom. The topological polar surface area (TPSA) is 69.6 Å². The highest BCUT2D eigenvalue weighted by atomic mass is 16.4. The van der Waals surface area contributed by atoms with Crippen molar-refractivity contribution in [1.82, 2.24) is 10.2 Å². The van der Waals surface area contributed by atoms with Crippen molar-refractivity contribution in [2.45, 2.75) is 32.4 Å². The molecule has 5 nitrogen and oxygen atoms in total. The molecule has 0 fully saturated rings. The van der Waals surface area contributed by atoms with Gasteiger partial charge in [0.1, 0.15) is 6.04 Å². The zero-order chi connectivity index (χ0) is 13.8. The lowest BCUT2D eigenvalue weighted by molar-refractivity contribution is -0.138. The molecule has 2 rings (SSSR count). The summed E-state index contributed by atoms with van der Waals surface area (Å²) in [6.07, 6.45) is 1.85. The summed E-state index contributed by atoms with van der Waals surface area (Å²) in [6, 6.07) is 6.87. The standard InChI is InChI=1S/C14H18N2O3/c1-10(13(17)18)15-14(19)16-8-4-7-11-5-2-3-6-12(11)9-16/h2-3,5-6,10H,4,7-9H2,1H3,(H,15,19)(H,17,18). The van der Waals surface area contributed by atoms with E-state index < -0.39 is 12.0 Å². The number of hydrogen-bond donors (Lipinski definition) is 2. The number of carbonyl (C=O) groups excluding carboxylic acids is 1. The maximum Gasteiger partial charge on any atom is 0.325 e. The maximum absolute atomic E-state index is 12.0. The Morgan fingerprint density at radius 2 is 2.00 bits per heavy atom. The quantitative estimate of drug-likeness (QED) is 0.851. The third-order valence-corrected chi connectivity index (χ3v) is 3.35. The Morgan fingerprint density at radius 1 is 1.32 bits per heavy atom. The smallest absolute Gasteiger partial charge is 0.325 e. The zero-order valence-corrected chi connectivity index (χ0v) is 10.9. The first-order valence-electron chi connectivity index (χ1n) is 6.43. The van der Waals surface area contributed by atoms with E-state index >= 15 is 0 Å². The average molecular weight is 262 g/mol. The first-order chi connectivity index (χ1) is 9.08. The number of nitrogens with one attached hydrogen (secondary N) is 1. The van der Waals surface area contributed by atoms with Crippen molar-refractivity contribution >= 4 is 12.0 Å². The van der Waals surface area contributed by atoms with E-state index in [-0.39, 0.29) is 6.03 Å². The Kier molecular flexibility index (Phi) is 4.04. The average Bonchev–Trinajstić information content (AvgIpc) is 2.60. The molecule has 102 valence electrons. The summed E-state index contributed by atoms with van der Waals surface area (Å²) >= 11 is 0. The van der Waals surface area contributed by atoms with Crippen LogP contribution in [0, 0.1) is 0 Å². The maximum atomic E-state index is 12.0. The monoisotopic (exact) mass is 262 g/mol. The molecule has 1 aliphatic heterocycles. The Balaban J connectivity index is 2.06. The molecule has 2 amide bonds. The summed E-state index contributed by atoms with van der Waals surface area (Å²) in [6.45, 7) is 2.65. The highest BCUT2D eigenvalue weighted by Crippen LogP contribution is 2.18. The number of hydrogen-bond acceptors (Lipinski definition) is 2. The molecule has 1 atom stereocenters. The fraction of sp³-hybridized carbons (Fsp3) is 0.429. The van der Waals surface area contributed by atoms with Gasteiger partial charge in [-0.1, -0.05) is 24.3 Å².